The second-order valence-corrected chi connectivity index (χ2v) is 5.39. The molecule has 0 fully saturated rings. The van der Waals surface area contributed by atoms with E-state index in [0.717, 1.165) is 25.9 Å². The van der Waals surface area contributed by atoms with Crippen LogP contribution in [0.1, 0.15) is 33.1 Å². The Morgan fingerprint density at radius 2 is 1.86 bits per heavy atom. The minimum absolute atomic E-state index is 0.0871. The predicted molar refractivity (Wildman–Crippen MR) is 87.8 cm³/mol. The van der Waals surface area contributed by atoms with Crippen molar-refractivity contribution in [1.29, 1.82) is 0 Å². The number of nitrogens with zero attached hydrogens (tertiary/aromatic N) is 3. The van der Waals surface area contributed by atoms with E-state index < -0.39 is 0 Å². The van der Waals surface area contributed by atoms with Crippen LogP contribution in [0.5, 0.6) is 0 Å². The molecule has 22 heavy (non-hydrogen) atoms. The first kappa shape index (κ1) is 16.2. The molecule has 1 amide bonds. The van der Waals surface area contributed by atoms with E-state index in [1.165, 1.54) is 10.9 Å². The molecule has 0 aliphatic heterocycles. The van der Waals surface area contributed by atoms with Gasteiger partial charge in [0.2, 0.25) is 5.91 Å². The molecular formula is C17H23N3O2. The molecule has 0 unspecified atom stereocenters. The number of hydrogen-bond acceptors (Lipinski definition) is 3. The maximum Gasteiger partial charge on any atom is 0.261 e. The molecule has 0 radical (unpaired) electrons. The SMILES string of the molecule is CCCN(CCC)C(=O)CCn1cnc2ccccc2c1=O. The van der Waals surface area contributed by atoms with Crippen molar-refractivity contribution in [3.8, 4) is 0 Å². The van der Waals surface area contributed by atoms with Gasteiger partial charge < -0.3 is 4.90 Å². The van der Waals surface area contributed by atoms with E-state index in [4.69, 9.17) is 0 Å². The van der Waals surface area contributed by atoms with E-state index in [2.05, 4.69) is 18.8 Å². The van der Waals surface area contributed by atoms with Gasteiger partial charge >= 0.3 is 0 Å². The molecule has 0 atom stereocenters. The fourth-order valence-electron chi connectivity index (χ4n) is 2.54. The molecule has 0 bridgehead atoms. The molecule has 5 heteroatoms. The maximum absolute atomic E-state index is 12.4. The van der Waals surface area contributed by atoms with E-state index >= 15 is 0 Å². The zero-order chi connectivity index (χ0) is 15.9. The van der Waals surface area contributed by atoms with E-state index in [9.17, 15) is 9.59 Å². The summed E-state index contributed by atoms with van der Waals surface area (Å²) in [6.45, 7) is 6.05. The summed E-state index contributed by atoms with van der Waals surface area (Å²) >= 11 is 0. The molecule has 118 valence electrons. The number of aromatic nitrogens is 2. The van der Waals surface area contributed by atoms with Crippen LogP contribution in [0.2, 0.25) is 0 Å². The number of hydrogen-bond donors (Lipinski definition) is 0. The number of carbonyl (C=O) groups excluding carboxylic acids is 1. The van der Waals surface area contributed by atoms with Crippen molar-refractivity contribution in [3.63, 3.8) is 0 Å². The molecule has 0 saturated heterocycles. The number of rotatable bonds is 7. The van der Waals surface area contributed by atoms with Gasteiger partial charge in [0.15, 0.2) is 0 Å². The molecule has 1 aromatic carbocycles. The molecule has 2 aromatic rings. The summed E-state index contributed by atoms with van der Waals surface area (Å²) in [7, 11) is 0. The number of aryl methyl sites for hydroxylation is 1. The number of para-hydroxylation sites is 1. The molecule has 5 nitrogen and oxygen atoms in total. The van der Waals surface area contributed by atoms with Crippen LogP contribution in [0.15, 0.2) is 35.4 Å². The van der Waals surface area contributed by atoms with E-state index in [1.54, 1.807) is 6.07 Å². The standard InChI is InChI=1S/C17H23N3O2/c1-3-10-19(11-4-2)16(21)9-12-20-13-18-15-8-6-5-7-14(15)17(20)22/h5-8,13H,3-4,9-12H2,1-2H3. The fourth-order valence-corrected chi connectivity index (χ4v) is 2.54. The van der Waals surface area contributed by atoms with Crippen molar-refractivity contribution in [3.05, 3.63) is 40.9 Å². The Balaban J connectivity index is 2.09. The normalized spacial score (nSPS) is 10.8. The summed E-state index contributed by atoms with van der Waals surface area (Å²) in [4.78, 5) is 30.8. The van der Waals surface area contributed by atoms with Crippen molar-refractivity contribution in [1.82, 2.24) is 14.5 Å². The highest BCUT2D eigenvalue weighted by Crippen LogP contribution is 2.05. The lowest BCUT2D eigenvalue weighted by Gasteiger charge is -2.21. The van der Waals surface area contributed by atoms with Crippen LogP contribution in [0.4, 0.5) is 0 Å². The molecular weight excluding hydrogens is 278 g/mol. The summed E-state index contributed by atoms with van der Waals surface area (Å²) in [6, 6.07) is 7.26. The van der Waals surface area contributed by atoms with Crippen molar-refractivity contribution in [2.75, 3.05) is 13.1 Å². The molecule has 0 spiro atoms. The van der Waals surface area contributed by atoms with E-state index in [0.29, 0.717) is 23.9 Å². The lowest BCUT2D eigenvalue weighted by atomic mass is 10.2. The van der Waals surface area contributed by atoms with Gasteiger partial charge in [0.25, 0.3) is 5.56 Å². The first-order chi connectivity index (χ1) is 10.7. The summed E-state index contributed by atoms with van der Waals surface area (Å²) in [5, 5.41) is 0.594. The highest BCUT2D eigenvalue weighted by atomic mass is 16.2. The molecule has 0 saturated carbocycles. The first-order valence-electron chi connectivity index (χ1n) is 7.89. The van der Waals surface area contributed by atoms with Crippen molar-refractivity contribution < 1.29 is 4.79 Å². The zero-order valence-corrected chi connectivity index (χ0v) is 13.3. The van der Waals surface area contributed by atoms with Crippen LogP contribution >= 0.6 is 0 Å². The summed E-state index contributed by atoms with van der Waals surface area (Å²) in [6.07, 6.45) is 3.76. The van der Waals surface area contributed by atoms with Crippen LogP contribution in [0.25, 0.3) is 10.9 Å². The van der Waals surface area contributed by atoms with E-state index in [1.807, 2.05) is 23.1 Å². The van der Waals surface area contributed by atoms with Gasteiger partial charge in [-0.2, -0.15) is 0 Å². The lowest BCUT2D eigenvalue weighted by Crippen LogP contribution is -2.34. The van der Waals surface area contributed by atoms with E-state index in [-0.39, 0.29) is 11.5 Å². The summed E-state index contributed by atoms with van der Waals surface area (Å²) in [5.74, 6) is 0.101. The van der Waals surface area contributed by atoms with Gasteiger partial charge in [-0.15, -0.1) is 0 Å². The number of carbonyl (C=O) groups is 1. The van der Waals surface area contributed by atoms with Gasteiger partial charge in [0.05, 0.1) is 17.2 Å². The largest absolute Gasteiger partial charge is 0.343 e. The summed E-state index contributed by atoms with van der Waals surface area (Å²) < 4.78 is 1.52. The van der Waals surface area contributed by atoms with Crippen LogP contribution < -0.4 is 5.56 Å². The fraction of sp³-hybridized carbons (Fsp3) is 0.471. The maximum atomic E-state index is 12.4. The quantitative estimate of drug-likeness (QED) is 0.789. The molecule has 2 rings (SSSR count). The third-order valence-electron chi connectivity index (χ3n) is 3.64. The van der Waals surface area contributed by atoms with Crippen LogP contribution in [0, 0.1) is 0 Å². The Morgan fingerprint density at radius 1 is 1.18 bits per heavy atom. The Morgan fingerprint density at radius 3 is 2.55 bits per heavy atom. The average Bonchev–Trinajstić information content (AvgIpc) is 2.54. The lowest BCUT2D eigenvalue weighted by molar-refractivity contribution is -0.131. The van der Waals surface area contributed by atoms with Gasteiger partial charge in [-0.1, -0.05) is 26.0 Å². The smallest absolute Gasteiger partial charge is 0.261 e. The molecule has 0 aliphatic carbocycles. The highest BCUT2D eigenvalue weighted by Gasteiger charge is 2.12. The minimum Gasteiger partial charge on any atom is -0.343 e. The average molecular weight is 301 g/mol. The number of benzene rings is 1. The van der Waals surface area contributed by atoms with Crippen LogP contribution in [0.3, 0.4) is 0 Å². The second kappa shape index (κ2) is 7.73. The van der Waals surface area contributed by atoms with Gasteiger partial charge in [-0.25, -0.2) is 4.98 Å². The van der Waals surface area contributed by atoms with Gasteiger partial charge in [-0.3, -0.25) is 14.2 Å². The minimum atomic E-state index is -0.0871. The molecule has 1 heterocycles. The van der Waals surface area contributed by atoms with Crippen LogP contribution in [-0.2, 0) is 11.3 Å². The van der Waals surface area contributed by atoms with Crippen molar-refractivity contribution in [2.45, 2.75) is 39.7 Å². The van der Waals surface area contributed by atoms with Crippen molar-refractivity contribution >= 4 is 16.8 Å². The number of amides is 1. The molecule has 1 aromatic heterocycles. The topological polar surface area (TPSA) is 55.2 Å². The third kappa shape index (κ3) is 3.72. The Bertz CT molecular complexity index is 688. The van der Waals surface area contributed by atoms with Gasteiger partial charge in [0.1, 0.15) is 0 Å². The molecule has 0 N–H and O–H groups in total. The van der Waals surface area contributed by atoms with Crippen molar-refractivity contribution in [2.24, 2.45) is 0 Å². The third-order valence-corrected chi connectivity index (χ3v) is 3.64. The number of fused-ring (bicyclic) bond motifs is 1. The monoisotopic (exact) mass is 301 g/mol. The second-order valence-electron chi connectivity index (χ2n) is 5.39. The predicted octanol–water partition coefficient (Wildman–Crippen LogP) is 2.44. The van der Waals surface area contributed by atoms with Gasteiger partial charge in [0, 0.05) is 26.1 Å². The Kier molecular flexibility index (Phi) is 5.69. The Labute approximate surface area is 130 Å². The zero-order valence-electron chi connectivity index (χ0n) is 13.3. The first-order valence-corrected chi connectivity index (χ1v) is 7.89. The highest BCUT2D eigenvalue weighted by molar-refractivity contribution is 5.77. The van der Waals surface area contributed by atoms with Gasteiger partial charge in [-0.05, 0) is 25.0 Å². The summed E-state index contributed by atoms with van der Waals surface area (Å²) in [5.41, 5.74) is 0.601. The Hall–Kier alpha value is -2.17. The molecule has 0 aliphatic rings. The van der Waals surface area contributed by atoms with Crippen LogP contribution in [-0.4, -0.2) is 33.4 Å².